The summed E-state index contributed by atoms with van der Waals surface area (Å²) in [7, 11) is 1.76. The molecule has 2 aromatic rings. The van der Waals surface area contributed by atoms with Crippen LogP contribution in [0.4, 0.5) is 4.79 Å². The van der Waals surface area contributed by atoms with Crippen molar-refractivity contribution in [2.24, 2.45) is 7.05 Å². The predicted molar refractivity (Wildman–Crippen MR) is 94.0 cm³/mol. The Balaban J connectivity index is 1.63. The molecule has 8 heteroatoms. The minimum atomic E-state index is -0.0443. The van der Waals surface area contributed by atoms with Crippen LogP contribution in [0.25, 0.3) is 0 Å². The quantitative estimate of drug-likeness (QED) is 0.921. The molecule has 0 saturated carbocycles. The first-order valence-electron chi connectivity index (χ1n) is 8.75. The second-order valence-corrected chi connectivity index (χ2v) is 7.63. The smallest absolute Gasteiger partial charge is 0.317 e. The molecule has 1 aliphatic rings. The van der Waals surface area contributed by atoms with E-state index >= 15 is 0 Å². The van der Waals surface area contributed by atoms with E-state index < -0.39 is 0 Å². The van der Waals surface area contributed by atoms with Crippen LogP contribution >= 0.6 is 0 Å². The Bertz CT molecular complexity index is 727. The lowest BCUT2D eigenvalue weighted by molar-refractivity contribution is 0.176. The molecule has 0 radical (unpaired) electrons. The van der Waals surface area contributed by atoms with Crippen LogP contribution in [0, 0.1) is 0 Å². The van der Waals surface area contributed by atoms with Crippen molar-refractivity contribution in [3.8, 4) is 0 Å². The Morgan fingerprint density at radius 3 is 2.84 bits per heavy atom. The van der Waals surface area contributed by atoms with Crippen molar-refractivity contribution in [3.63, 3.8) is 0 Å². The van der Waals surface area contributed by atoms with Gasteiger partial charge in [-0.2, -0.15) is 15.0 Å². The van der Waals surface area contributed by atoms with Gasteiger partial charge in [-0.05, 0) is 33.6 Å². The summed E-state index contributed by atoms with van der Waals surface area (Å²) in [6, 6.07) is -0.0443. The fraction of sp³-hybridized carbons (Fsp3) is 0.647. The molecule has 3 rings (SSSR count). The molecule has 0 aliphatic carbocycles. The van der Waals surface area contributed by atoms with E-state index in [9.17, 15) is 4.79 Å². The molecule has 1 saturated heterocycles. The molecular formula is C17H27N7O. The third-order valence-corrected chi connectivity index (χ3v) is 4.58. The SMILES string of the molecule is Cn1ncc(CNC(=O)N2CCCC(c3cncn3C(C)(C)C)C2)n1. The van der Waals surface area contributed by atoms with Gasteiger partial charge in [0.15, 0.2) is 0 Å². The summed E-state index contributed by atoms with van der Waals surface area (Å²) in [5, 5.41) is 11.1. The Morgan fingerprint density at radius 2 is 2.16 bits per heavy atom. The van der Waals surface area contributed by atoms with Crippen molar-refractivity contribution >= 4 is 6.03 Å². The highest BCUT2D eigenvalue weighted by molar-refractivity contribution is 5.74. The summed E-state index contributed by atoms with van der Waals surface area (Å²) < 4.78 is 2.22. The summed E-state index contributed by atoms with van der Waals surface area (Å²) in [4.78, 5) is 20.2. The lowest BCUT2D eigenvalue weighted by Gasteiger charge is -2.35. The lowest BCUT2D eigenvalue weighted by atomic mass is 9.94. The summed E-state index contributed by atoms with van der Waals surface area (Å²) in [5.74, 6) is 0.317. The number of carbonyl (C=O) groups excluding carboxylic acids is 1. The van der Waals surface area contributed by atoms with E-state index in [2.05, 4.69) is 45.8 Å². The van der Waals surface area contributed by atoms with Crippen molar-refractivity contribution in [3.05, 3.63) is 30.1 Å². The molecule has 1 N–H and O–H groups in total. The number of carbonyl (C=O) groups is 1. The van der Waals surface area contributed by atoms with Crippen molar-refractivity contribution in [1.82, 2.24) is 34.8 Å². The summed E-state index contributed by atoms with van der Waals surface area (Å²) in [6.07, 6.45) is 7.58. The maximum absolute atomic E-state index is 12.5. The Labute approximate surface area is 148 Å². The van der Waals surface area contributed by atoms with E-state index in [1.54, 1.807) is 13.2 Å². The first kappa shape index (κ1) is 17.4. The number of hydrogen-bond donors (Lipinski definition) is 1. The van der Waals surface area contributed by atoms with E-state index in [0.717, 1.165) is 25.1 Å². The molecule has 1 fully saturated rings. The molecular weight excluding hydrogens is 318 g/mol. The number of urea groups is 1. The average molecular weight is 345 g/mol. The van der Waals surface area contributed by atoms with Gasteiger partial charge in [-0.1, -0.05) is 0 Å². The van der Waals surface area contributed by atoms with Gasteiger partial charge in [-0.3, -0.25) is 0 Å². The summed E-state index contributed by atoms with van der Waals surface area (Å²) >= 11 is 0. The molecule has 1 atom stereocenters. The van der Waals surface area contributed by atoms with Crippen LogP contribution in [0.5, 0.6) is 0 Å². The van der Waals surface area contributed by atoms with Crippen LogP contribution in [0.1, 0.15) is 50.9 Å². The molecule has 1 aliphatic heterocycles. The lowest BCUT2D eigenvalue weighted by Crippen LogP contribution is -2.45. The van der Waals surface area contributed by atoms with E-state index in [4.69, 9.17) is 0 Å². The largest absolute Gasteiger partial charge is 0.332 e. The molecule has 8 nitrogen and oxygen atoms in total. The van der Waals surface area contributed by atoms with Crippen molar-refractivity contribution < 1.29 is 4.79 Å². The molecule has 2 aromatic heterocycles. The highest BCUT2D eigenvalue weighted by Crippen LogP contribution is 2.29. The number of hydrogen-bond acceptors (Lipinski definition) is 4. The fourth-order valence-corrected chi connectivity index (χ4v) is 3.32. The zero-order valence-electron chi connectivity index (χ0n) is 15.4. The molecule has 1 unspecified atom stereocenters. The normalized spacial score (nSPS) is 18.4. The molecule has 2 amide bonds. The van der Waals surface area contributed by atoms with Crippen molar-refractivity contribution in [2.75, 3.05) is 13.1 Å². The second-order valence-electron chi connectivity index (χ2n) is 7.63. The Morgan fingerprint density at radius 1 is 1.36 bits per heavy atom. The number of rotatable bonds is 3. The Kier molecular flexibility index (Phi) is 4.78. The number of aryl methyl sites for hydroxylation is 1. The molecule has 0 spiro atoms. The first-order valence-corrected chi connectivity index (χ1v) is 8.75. The predicted octanol–water partition coefficient (Wildman–Crippen LogP) is 1.86. The van der Waals surface area contributed by atoms with Gasteiger partial charge in [0.05, 0.1) is 19.1 Å². The number of amides is 2. The highest BCUT2D eigenvalue weighted by Gasteiger charge is 2.29. The second kappa shape index (κ2) is 6.85. The molecule has 3 heterocycles. The minimum Gasteiger partial charge on any atom is -0.332 e. The number of piperidine rings is 1. The maximum Gasteiger partial charge on any atom is 0.317 e. The van der Waals surface area contributed by atoms with Gasteiger partial charge in [0.2, 0.25) is 0 Å². The summed E-state index contributed by atoms with van der Waals surface area (Å²) in [6.45, 7) is 8.42. The van der Waals surface area contributed by atoms with Gasteiger partial charge in [0.25, 0.3) is 0 Å². The van der Waals surface area contributed by atoms with Crippen LogP contribution in [-0.2, 0) is 19.1 Å². The third-order valence-electron chi connectivity index (χ3n) is 4.58. The Hall–Kier alpha value is -2.38. The first-order chi connectivity index (χ1) is 11.8. The number of imidazole rings is 1. The van der Waals surface area contributed by atoms with Crippen LogP contribution in [-0.4, -0.2) is 48.6 Å². The maximum atomic E-state index is 12.5. The van der Waals surface area contributed by atoms with Crippen molar-refractivity contribution in [1.29, 1.82) is 0 Å². The van der Waals surface area contributed by atoms with Crippen LogP contribution in [0.3, 0.4) is 0 Å². The summed E-state index contributed by atoms with van der Waals surface area (Å²) in [5.41, 5.74) is 1.96. The minimum absolute atomic E-state index is 0.0116. The van der Waals surface area contributed by atoms with Gasteiger partial charge in [-0.15, -0.1) is 0 Å². The topological polar surface area (TPSA) is 80.9 Å². The average Bonchev–Trinajstić information content (AvgIpc) is 3.21. The van der Waals surface area contributed by atoms with Gasteiger partial charge in [-0.25, -0.2) is 9.78 Å². The van der Waals surface area contributed by atoms with E-state index in [0.29, 0.717) is 19.0 Å². The van der Waals surface area contributed by atoms with Crippen LogP contribution < -0.4 is 5.32 Å². The molecule has 25 heavy (non-hydrogen) atoms. The molecule has 0 bridgehead atoms. The zero-order chi connectivity index (χ0) is 18.0. The highest BCUT2D eigenvalue weighted by atomic mass is 16.2. The molecule has 136 valence electrons. The fourth-order valence-electron chi connectivity index (χ4n) is 3.32. The van der Waals surface area contributed by atoms with Gasteiger partial charge in [0, 0.05) is 43.5 Å². The van der Waals surface area contributed by atoms with E-state index in [1.165, 1.54) is 10.5 Å². The third kappa shape index (κ3) is 4.00. The van der Waals surface area contributed by atoms with E-state index in [1.807, 2.05) is 17.4 Å². The monoisotopic (exact) mass is 345 g/mol. The van der Waals surface area contributed by atoms with Gasteiger partial charge < -0.3 is 14.8 Å². The standard InChI is InChI=1S/C17H27N7O/c1-17(2,3)24-12-18-10-15(24)13-6-5-7-23(11-13)16(25)19-8-14-9-20-22(4)21-14/h9-10,12-13H,5-8,11H2,1-4H3,(H,19,25). The van der Waals surface area contributed by atoms with Gasteiger partial charge >= 0.3 is 6.03 Å². The van der Waals surface area contributed by atoms with Crippen LogP contribution in [0.15, 0.2) is 18.7 Å². The molecule has 0 aromatic carbocycles. The van der Waals surface area contributed by atoms with Gasteiger partial charge in [0.1, 0.15) is 5.69 Å². The number of aromatic nitrogens is 5. The zero-order valence-corrected chi connectivity index (χ0v) is 15.4. The van der Waals surface area contributed by atoms with E-state index in [-0.39, 0.29) is 11.6 Å². The van der Waals surface area contributed by atoms with Crippen molar-refractivity contribution in [2.45, 2.75) is 51.6 Å². The van der Waals surface area contributed by atoms with Crippen LogP contribution in [0.2, 0.25) is 0 Å². The number of nitrogens with zero attached hydrogens (tertiary/aromatic N) is 6. The number of nitrogens with one attached hydrogen (secondary N) is 1. The number of likely N-dealkylation sites (tertiary alicyclic amines) is 1.